The molecule has 0 bridgehead atoms. The fourth-order valence-electron chi connectivity index (χ4n) is 1.71. The van der Waals surface area contributed by atoms with Crippen molar-refractivity contribution in [3.8, 4) is 5.75 Å². The Bertz CT molecular complexity index is 410. The monoisotopic (exact) mass is 283 g/mol. The van der Waals surface area contributed by atoms with Crippen LogP contribution >= 0.6 is 11.8 Å². The van der Waals surface area contributed by atoms with Gasteiger partial charge in [-0.25, -0.2) is 0 Å². The molecule has 0 aliphatic carbocycles. The van der Waals surface area contributed by atoms with E-state index >= 15 is 0 Å². The number of nitrogens with one attached hydrogen (secondary N) is 1. The number of hydrogen-bond acceptors (Lipinski definition) is 5. The number of benzene rings is 1. The molecule has 106 valence electrons. The van der Waals surface area contributed by atoms with Crippen molar-refractivity contribution in [3.63, 3.8) is 0 Å². The first kappa shape index (κ1) is 15.9. The maximum absolute atomic E-state index is 11.3. The molecule has 0 atom stereocenters. The van der Waals surface area contributed by atoms with Gasteiger partial charge in [0.2, 0.25) is 0 Å². The zero-order chi connectivity index (χ0) is 14.1. The summed E-state index contributed by atoms with van der Waals surface area (Å²) in [6.45, 7) is 3.06. The number of thioether (sulfide) groups is 1. The predicted molar refractivity (Wildman–Crippen MR) is 78.6 cm³/mol. The third kappa shape index (κ3) is 5.53. The largest absolute Gasteiger partial charge is 0.496 e. The highest BCUT2D eigenvalue weighted by atomic mass is 32.2. The fourth-order valence-corrected chi connectivity index (χ4v) is 2.50. The van der Waals surface area contributed by atoms with Crippen LogP contribution in [0.15, 0.2) is 18.2 Å². The molecular formula is C14H21NO3S. The number of methoxy groups -OCH3 is 1. The Kier molecular flexibility index (Phi) is 7.36. The van der Waals surface area contributed by atoms with Crippen LogP contribution in [0.3, 0.4) is 0 Å². The lowest BCUT2D eigenvalue weighted by atomic mass is 10.1. The maximum atomic E-state index is 11.3. The summed E-state index contributed by atoms with van der Waals surface area (Å²) < 4.78 is 10.2. The van der Waals surface area contributed by atoms with Crippen LogP contribution in [-0.4, -0.2) is 32.5 Å². The molecule has 1 rings (SSSR count). The molecule has 1 aromatic rings. The summed E-state index contributed by atoms with van der Waals surface area (Å²) in [6, 6.07) is 6.11. The summed E-state index contributed by atoms with van der Waals surface area (Å²) in [5.41, 5.74) is 2.31. The minimum atomic E-state index is -0.169. The lowest BCUT2D eigenvalue weighted by Crippen LogP contribution is -2.07. The van der Waals surface area contributed by atoms with Crippen LogP contribution in [0.25, 0.3) is 0 Å². The average Bonchev–Trinajstić information content (AvgIpc) is 2.40. The first-order valence-electron chi connectivity index (χ1n) is 6.25. The Morgan fingerprint density at radius 3 is 2.84 bits per heavy atom. The molecule has 0 aliphatic rings. The van der Waals surface area contributed by atoms with Gasteiger partial charge in [0.1, 0.15) is 5.75 Å². The summed E-state index contributed by atoms with van der Waals surface area (Å²) in [6.07, 6.45) is 0. The molecule has 0 unspecified atom stereocenters. The molecule has 1 aromatic carbocycles. The Labute approximate surface area is 118 Å². The SMILES string of the molecule is CCOC(=O)CSCc1cc(CNC)ccc1OC. The third-order valence-electron chi connectivity index (χ3n) is 2.51. The molecule has 5 heteroatoms. The van der Waals surface area contributed by atoms with E-state index in [4.69, 9.17) is 9.47 Å². The number of esters is 1. The van der Waals surface area contributed by atoms with E-state index in [1.165, 1.54) is 17.3 Å². The molecule has 1 N–H and O–H groups in total. The highest BCUT2D eigenvalue weighted by Crippen LogP contribution is 2.24. The first-order chi connectivity index (χ1) is 9.21. The van der Waals surface area contributed by atoms with Crippen molar-refractivity contribution < 1.29 is 14.3 Å². The molecule has 0 spiro atoms. The molecule has 0 aliphatic heterocycles. The van der Waals surface area contributed by atoms with Crippen molar-refractivity contribution >= 4 is 17.7 Å². The Hall–Kier alpha value is -1.20. The standard InChI is InChI=1S/C14H21NO3S/c1-4-18-14(16)10-19-9-12-7-11(8-15-2)5-6-13(12)17-3/h5-7,15H,4,8-10H2,1-3H3. The van der Waals surface area contributed by atoms with Crippen molar-refractivity contribution in [2.45, 2.75) is 19.2 Å². The van der Waals surface area contributed by atoms with Gasteiger partial charge in [-0.2, -0.15) is 0 Å². The van der Waals surface area contributed by atoms with E-state index in [9.17, 15) is 4.79 Å². The lowest BCUT2D eigenvalue weighted by Gasteiger charge is -2.10. The van der Waals surface area contributed by atoms with E-state index < -0.39 is 0 Å². The van der Waals surface area contributed by atoms with Crippen LogP contribution in [0.2, 0.25) is 0 Å². The van der Waals surface area contributed by atoms with Gasteiger partial charge < -0.3 is 14.8 Å². The van der Waals surface area contributed by atoms with Crippen molar-refractivity contribution in [1.82, 2.24) is 5.32 Å². The number of ether oxygens (including phenoxy) is 2. The summed E-state index contributed by atoms with van der Waals surface area (Å²) in [5, 5.41) is 3.12. The van der Waals surface area contributed by atoms with Crippen molar-refractivity contribution in [2.24, 2.45) is 0 Å². The van der Waals surface area contributed by atoms with Gasteiger partial charge in [0.15, 0.2) is 0 Å². The lowest BCUT2D eigenvalue weighted by molar-refractivity contribution is -0.139. The molecule has 0 aromatic heterocycles. The van der Waals surface area contributed by atoms with Crippen LogP contribution in [0.4, 0.5) is 0 Å². The van der Waals surface area contributed by atoms with Crippen molar-refractivity contribution in [2.75, 3.05) is 26.5 Å². The highest BCUT2D eigenvalue weighted by molar-refractivity contribution is 7.99. The number of carbonyl (C=O) groups excluding carboxylic acids is 1. The van der Waals surface area contributed by atoms with Gasteiger partial charge in [-0.3, -0.25) is 4.79 Å². The Morgan fingerprint density at radius 2 is 2.21 bits per heavy atom. The Balaban J connectivity index is 2.59. The van der Waals surface area contributed by atoms with Crippen molar-refractivity contribution in [3.05, 3.63) is 29.3 Å². The van der Waals surface area contributed by atoms with E-state index in [1.54, 1.807) is 7.11 Å². The fraction of sp³-hybridized carbons (Fsp3) is 0.500. The Morgan fingerprint density at radius 1 is 1.42 bits per heavy atom. The number of hydrogen-bond donors (Lipinski definition) is 1. The van der Waals surface area contributed by atoms with E-state index in [2.05, 4.69) is 11.4 Å². The second-order valence-corrected chi connectivity index (χ2v) is 4.96. The first-order valence-corrected chi connectivity index (χ1v) is 7.40. The summed E-state index contributed by atoms with van der Waals surface area (Å²) in [5.74, 6) is 1.79. The molecule has 0 heterocycles. The smallest absolute Gasteiger partial charge is 0.315 e. The predicted octanol–water partition coefficient (Wildman–Crippen LogP) is 2.21. The van der Waals surface area contributed by atoms with Gasteiger partial charge in [-0.15, -0.1) is 11.8 Å². The molecule has 19 heavy (non-hydrogen) atoms. The van der Waals surface area contributed by atoms with Crippen LogP contribution in [0, 0.1) is 0 Å². The van der Waals surface area contributed by atoms with E-state index in [0.29, 0.717) is 12.4 Å². The molecule has 0 saturated carbocycles. The maximum Gasteiger partial charge on any atom is 0.315 e. The van der Waals surface area contributed by atoms with Crippen molar-refractivity contribution in [1.29, 1.82) is 0 Å². The molecule has 0 amide bonds. The highest BCUT2D eigenvalue weighted by Gasteiger charge is 2.07. The van der Waals surface area contributed by atoms with E-state index in [1.807, 2.05) is 26.1 Å². The van der Waals surface area contributed by atoms with Gasteiger partial charge in [0.05, 0.1) is 19.5 Å². The minimum Gasteiger partial charge on any atom is -0.496 e. The number of rotatable bonds is 8. The third-order valence-corrected chi connectivity index (χ3v) is 3.46. The molecule has 0 radical (unpaired) electrons. The zero-order valence-electron chi connectivity index (χ0n) is 11.7. The van der Waals surface area contributed by atoms with Crippen LogP contribution < -0.4 is 10.1 Å². The second kappa shape index (κ2) is 8.82. The van der Waals surface area contributed by atoms with Gasteiger partial charge in [0.25, 0.3) is 0 Å². The average molecular weight is 283 g/mol. The zero-order valence-corrected chi connectivity index (χ0v) is 12.5. The molecule has 0 saturated heterocycles. The van der Waals surface area contributed by atoms with Crippen LogP contribution in [0.5, 0.6) is 5.75 Å². The topological polar surface area (TPSA) is 47.6 Å². The molecule has 0 fully saturated rings. The van der Waals surface area contributed by atoms with Gasteiger partial charge in [-0.1, -0.05) is 6.07 Å². The summed E-state index contributed by atoms with van der Waals surface area (Å²) in [4.78, 5) is 11.3. The van der Waals surface area contributed by atoms with Gasteiger partial charge >= 0.3 is 5.97 Å². The van der Waals surface area contributed by atoms with E-state index in [0.717, 1.165) is 23.6 Å². The normalized spacial score (nSPS) is 10.3. The quantitative estimate of drug-likeness (QED) is 0.741. The van der Waals surface area contributed by atoms with Crippen LogP contribution in [-0.2, 0) is 21.8 Å². The number of carbonyl (C=O) groups is 1. The summed E-state index contributed by atoms with van der Waals surface area (Å²) in [7, 11) is 3.58. The summed E-state index contributed by atoms with van der Waals surface area (Å²) >= 11 is 1.54. The van der Waals surface area contributed by atoms with E-state index in [-0.39, 0.29) is 5.97 Å². The molecule has 4 nitrogen and oxygen atoms in total. The molecular weight excluding hydrogens is 262 g/mol. The van der Waals surface area contributed by atoms with Crippen LogP contribution in [0.1, 0.15) is 18.1 Å². The van der Waals surface area contributed by atoms with Gasteiger partial charge in [-0.05, 0) is 31.7 Å². The minimum absolute atomic E-state index is 0.169. The van der Waals surface area contributed by atoms with Gasteiger partial charge in [0, 0.05) is 17.9 Å². The second-order valence-electron chi connectivity index (χ2n) is 3.97.